The molecule has 0 amide bonds. The van der Waals surface area contributed by atoms with E-state index in [1.165, 1.54) is 5.56 Å². The molecule has 2 rings (SSSR count). The molecular weight excluding hydrogens is 176 g/mol. The number of rotatable bonds is 3. The van der Waals surface area contributed by atoms with Gasteiger partial charge in [0.1, 0.15) is 12.4 Å². The number of fused-ring (bicyclic) bond motifs is 1. The van der Waals surface area contributed by atoms with Crippen LogP contribution in [0, 0.1) is 0 Å². The minimum absolute atomic E-state index is 0.751. The van der Waals surface area contributed by atoms with Crippen molar-refractivity contribution in [3.8, 4) is 5.75 Å². The highest BCUT2D eigenvalue weighted by molar-refractivity contribution is 5.59. The number of nitrogens with two attached hydrogens (primary N) is 1. The lowest BCUT2D eigenvalue weighted by Crippen LogP contribution is -2.18. The summed E-state index contributed by atoms with van der Waals surface area (Å²) >= 11 is 0. The van der Waals surface area contributed by atoms with E-state index in [4.69, 9.17) is 10.5 Å². The Balaban J connectivity index is 2.12. The summed E-state index contributed by atoms with van der Waals surface area (Å²) in [5, 5.41) is 3.32. The molecule has 0 saturated carbocycles. The highest BCUT2D eigenvalue weighted by Crippen LogP contribution is 2.28. The van der Waals surface area contributed by atoms with Crippen molar-refractivity contribution in [1.29, 1.82) is 0 Å². The summed E-state index contributed by atoms with van der Waals surface area (Å²) in [6.45, 7) is 2.41. The minimum Gasteiger partial charge on any atom is -0.490 e. The van der Waals surface area contributed by atoms with E-state index in [0.29, 0.717) is 0 Å². The van der Waals surface area contributed by atoms with Crippen molar-refractivity contribution in [1.82, 2.24) is 0 Å². The van der Waals surface area contributed by atoms with Crippen molar-refractivity contribution in [2.24, 2.45) is 5.73 Å². The van der Waals surface area contributed by atoms with E-state index in [1.54, 1.807) is 0 Å². The lowest BCUT2D eigenvalue weighted by molar-refractivity contribution is 0.323. The second-order valence-corrected chi connectivity index (χ2v) is 3.50. The number of ether oxygens (including phenoxy) is 1. The van der Waals surface area contributed by atoms with Gasteiger partial charge in [0, 0.05) is 6.54 Å². The Morgan fingerprint density at radius 1 is 1.43 bits per heavy atom. The first-order valence-corrected chi connectivity index (χ1v) is 5.10. The number of anilines is 1. The van der Waals surface area contributed by atoms with Gasteiger partial charge in [0.05, 0.1) is 5.69 Å². The molecule has 1 heterocycles. The van der Waals surface area contributed by atoms with E-state index in [2.05, 4.69) is 17.4 Å². The molecule has 0 atom stereocenters. The molecule has 0 spiro atoms. The molecule has 1 aromatic carbocycles. The smallest absolute Gasteiger partial charge is 0.142 e. The van der Waals surface area contributed by atoms with Crippen molar-refractivity contribution in [3.05, 3.63) is 23.8 Å². The molecule has 14 heavy (non-hydrogen) atoms. The Kier molecular flexibility index (Phi) is 2.89. The van der Waals surface area contributed by atoms with Crippen LogP contribution in [0.5, 0.6) is 5.75 Å². The van der Waals surface area contributed by atoms with Gasteiger partial charge in [0.15, 0.2) is 0 Å². The largest absolute Gasteiger partial charge is 0.490 e. The molecule has 1 aromatic rings. The van der Waals surface area contributed by atoms with Gasteiger partial charge in [-0.25, -0.2) is 0 Å². The van der Waals surface area contributed by atoms with E-state index >= 15 is 0 Å². The van der Waals surface area contributed by atoms with Gasteiger partial charge in [-0.15, -0.1) is 0 Å². The quantitative estimate of drug-likeness (QED) is 0.760. The Hall–Kier alpha value is -1.22. The van der Waals surface area contributed by atoms with E-state index < -0.39 is 0 Å². The van der Waals surface area contributed by atoms with Crippen LogP contribution in [0.3, 0.4) is 0 Å². The first kappa shape index (κ1) is 9.34. The van der Waals surface area contributed by atoms with Crippen LogP contribution in [0.15, 0.2) is 18.2 Å². The molecule has 0 bridgehead atoms. The lowest BCUT2D eigenvalue weighted by atomic mass is 10.1. The first-order chi connectivity index (χ1) is 6.90. The van der Waals surface area contributed by atoms with Gasteiger partial charge in [-0.05, 0) is 37.1 Å². The Morgan fingerprint density at radius 2 is 2.36 bits per heavy atom. The van der Waals surface area contributed by atoms with Crippen molar-refractivity contribution in [2.45, 2.75) is 12.8 Å². The zero-order chi connectivity index (χ0) is 9.80. The number of benzene rings is 1. The highest BCUT2D eigenvalue weighted by Gasteiger charge is 2.08. The van der Waals surface area contributed by atoms with Crippen LogP contribution >= 0.6 is 0 Å². The number of aryl methyl sites for hydroxylation is 1. The second kappa shape index (κ2) is 4.33. The number of hydrogen-bond acceptors (Lipinski definition) is 3. The van der Waals surface area contributed by atoms with E-state index in [9.17, 15) is 0 Å². The fourth-order valence-electron chi connectivity index (χ4n) is 1.65. The van der Waals surface area contributed by atoms with Crippen LogP contribution in [0.25, 0.3) is 0 Å². The zero-order valence-corrected chi connectivity index (χ0v) is 8.25. The van der Waals surface area contributed by atoms with Gasteiger partial charge in [0.2, 0.25) is 0 Å². The van der Waals surface area contributed by atoms with Gasteiger partial charge >= 0.3 is 0 Å². The molecule has 1 aliphatic rings. The average molecular weight is 192 g/mol. The van der Waals surface area contributed by atoms with Crippen LogP contribution in [-0.4, -0.2) is 19.7 Å². The molecule has 0 saturated heterocycles. The van der Waals surface area contributed by atoms with Crippen LogP contribution < -0.4 is 15.8 Å². The van der Waals surface area contributed by atoms with Crippen LogP contribution in [-0.2, 0) is 6.42 Å². The topological polar surface area (TPSA) is 47.3 Å². The van der Waals surface area contributed by atoms with Gasteiger partial charge < -0.3 is 15.8 Å². The zero-order valence-electron chi connectivity index (χ0n) is 8.25. The van der Waals surface area contributed by atoms with Crippen molar-refractivity contribution in [3.63, 3.8) is 0 Å². The molecule has 76 valence electrons. The fourth-order valence-corrected chi connectivity index (χ4v) is 1.65. The fraction of sp³-hybridized carbons (Fsp3) is 0.455. The number of nitrogens with one attached hydrogen (secondary N) is 1. The molecule has 0 aromatic heterocycles. The molecule has 0 unspecified atom stereocenters. The minimum atomic E-state index is 0.751. The van der Waals surface area contributed by atoms with E-state index in [0.717, 1.165) is 44.0 Å². The maximum Gasteiger partial charge on any atom is 0.142 e. The summed E-state index contributed by atoms with van der Waals surface area (Å²) in [4.78, 5) is 0. The molecular formula is C11H16N2O. The third-order valence-corrected chi connectivity index (χ3v) is 2.39. The van der Waals surface area contributed by atoms with E-state index in [-0.39, 0.29) is 0 Å². The first-order valence-electron chi connectivity index (χ1n) is 5.10. The molecule has 0 fully saturated rings. The normalized spacial score (nSPS) is 14.1. The molecule has 0 radical (unpaired) electrons. The average Bonchev–Trinajstić information content (AvgIpc) is 2.26. The van der Waals surface area contributed by atoms with E-state index in [1.807, 2.05) is 6.07 Å². The third kappa shape index (κ3) is 1.99. The van der Waals surface area contributed by atoms with Crippen LogP contribution in [0.1, 0.15) is 12.0 Å². The van der Waals surface area contributed by atoms with Crippen molar-refractivity contribution in [2.75, 3.05) is 25.0 Å². The predicted octanol–water partition coefficient (Wildman–Crippen LogP) is 1.38. The molecule has 3 heteroatoms. The molecule has 1 aliphatic heterocycles. The maximum absolute atomic E-state index is 5.50. The molecule has 3 nitrogen and oxygen atoms in total. The summed E-state index contributed by atoms with van der Waals surface area (Å²) < 4.78 is 5.50. The summed E-state index contributed by atoms with van der Waals surface area (Å²) in [6, 6.07) is 6.30. The maximum atomic E-state index is 5.50. The lowest BCUT2D eigenvalue weighted by Gasteiger charge is -2.19. The summed E-state index contributed by atoms with van der Waals surface area (Å²) in [6.07, 6.45) is 2.09. The Bertz CT molecular complexity index is 312. The third-order valence-electron chi connectivity index (χ3n) is 2.39. The molecule has 0 aliphatic carbocycles. The summed E-state index contributed by atoms with van der Waals surface area (Å²) in [7, 11) is 0. The van der Waals surface area contributed by atoms with Gasteiger partial charge in [-0.3, -0.25) is 0 Å². The summed E-state index contributed by atoms with van der Waals surface area (Å²) in [5.74, 6) is 0.966. The number of hydrogen-bond donors (Lipinski definition) is 2. The summed E-state index contributed by atoms with van der Waals surface area (Å²) in [5.41, 5.74) is 7.92. The SMILES string of the molecule is NCCCc1ccc2c(c1)NCCO2. The van der Waals surface area contributed by atoms with Crippen molar-refractivity contribution < 1.29 is 4.74 Å². The van der Waals surface area contributed by atoms with Gasteiger partial charge in [-0.2, -0.15) is 0 Å². The monoisotopic (exact) mass is 192 g/mol. The van der Waals surface area contributed by atoms with Gasteiger partial charge in [0.25, 0.3) is 0 Å². The standard InChI is InChI=1S/C11H16N2O/c12-5-1-2-9-3-4-11-10(8-9)13-6-7-14-11/h3-4,8,13H,1-2,5-7,12H2. The highest BCUT2D eigenvalue weighted by atomic mass is 16.5. The van der Waals surface area contributed by atoms with Crippen LogP contribution in [0.2, 0.25) is 0 Å². The Morgan fingerprint density at radius 3 is 3.21 bits per heavy atom. The Labute approximate surface area is 84.3 Å². The molecule has 3 N–H and O–H groups in total. The van der Waals surface area contributed by atoms with Gasteiger partial charge in [-0.1, -0.05) is 6.07 Å². The van der Waals surface area contributed by atoms with Crippen molar-refractivity contribution >= 4 is 5.69 Å². The second-order valence-electron chi connectivity index (χ2n) is 3.50. The predicted molar refractivity (Wildman–Crippen MR) is 57.8 cm³/mol. The van der Waals surface area contributed by atoms with Crippen LogP contribution in [0.4, 0.5) is 5.69 Å².